The molecular weight excluding hydrogens is 326 g/mol. The molecule has 3 aromatic heterocycles. The van der Waals surface area contributed by atoms with Gasteiger partial charge in [-0.15, -0.1) is 11.3 Å². The van der Waals surface area contributed by atoms with E-state index in [0.29, 0.717) is 39.1 Å². The lowest BCUT2D eigenvalue weighted by Crippen LogP contribution is -2.13. The summed E-state index contributed by atoms with van der Waals surface area (Å²) >= 11 is 1.42. The second kappa shape index (κ2) is 5.61. The summed E-state index contributed by atoms with van der Waals surface area (Å²) in [7, 11) is 0. The van der Waals surface area contributed by atoms with Crippen LogP contribution in [0.25, 0.3) is 21.9 Å². The van der Waals surface area contributed by atoms with Gasteiger partial charge in [-0.25, -0.2) is 9.97 Å². The maximum atomic E-state index is 12.5. The molecule has 6 nitrogen and oxygen atoms in total. The minimum Gasteiger partial charge on any atom is -0.462 e. The van der Waals surface area contributed by atoms with E-state index in [0.717, 1.165) is 4.88 Å². The number of thiazole rings is 1. The molecule has 3 heterocycles. The Hall–Kier alpha value is -2.93. The average Bonchev–Trinajstić information content (AvgIpc) is 3.24. The lowest BCUT2D eigenvalue weighted by atomic mass is 10.2. The van der Waals surface area contributed by atoms with Crippen molar-refractivity contribution in [2.45, 2.75) is 13.8 Å². The van der Waals surface area contributed by atoms with Crippen LogP contribution in [-0.2, 0) is 0 Å². The molecule has 1 aromatic carbocycles. The Morgan fingerprint density at radius 1 is 1.21 bits per heavy atom. The number of nitrogens with zero attached hydrogens (tertiary/aromatic N) is 2. The van der Waals surface area contributed by atoms with Gasteiger partial charge in [0, 0.05) is 17.5 Å². The number of aryl methyl sites for hydroxylation is 2. The highest BCUT2D eigenvalue weighted by atomic mass is 32.1. The van der Waals surface area contributed by atoms with Crippen LogP contribution in [0.5, 0.6) is 0 Å². The molecule has 0 atom stereocenters. The number of anilines is 1. The fourth-order valence-corrected chi connectivity index (χ4v) is 3.30. The van der Waals surface area contributed by atoms with Crippen LogP contribution in [0.15, 0.2) is 45.4 Å². The monoisotopic (exact) mass is 339 g/mol. The fraction of sp³-hybridized carbons (Fsp3) is 0.118. The van der Waals surface area contributed by atoms with Gasteiger partial charge in [0.15, 0.2) is 22.2 Å². The van der Waals surface area contributed by atoms with Gasteiger partial charge in [-0.05, 0) is 37.3 Å². The molecule has 0 saturated heterocycles. The molecule has 0 aliphatic heterocycles. The highest BCUT2D eigenvalue weighted by molar-refractivity contribution is 7.15. The molecule has 0 bridgehead atoms. The van der Waals surface area contributed by atoms with E-state index in [-0.39, 0.29) is 5.91 Å². The van der Waals surface area contributed by atoms with Crippen molar-refractivity contribution < 1.29 is 13.6 Å². The number of nitrogens with one attached hydrogen (secondary N) is 1. The normalized spacial score (nSPS) is 11.1. The number of hydrogen-bond acceptors (Lipinski definition) is 6. The molecule has 0 aliphatic carbocycles. The first-order chi connectivity index (χ1) is 11.6. The number of furan rings is 1. The topological polar surface area (TPSA) is 81.2 Å². The highest BCUT2D eigenvalue weighted by Crippen LogP contribution is 2.28. The Morgan fingerprint density at radius 2 is 2.08 bits per heavy atom. The molecular formula is C17H13N3O3S. The summed E-state index contributed by atoms with van der Waals surface area (Å²) in [5.74, 6) is 0.981. The standard InChI is InChI=1S/C17H13N3O3S/c1-9-15(20-17(24-9)14-4-3-7-22-14)16(21)19-11-5-6-13-12(8-11)18-10(2)23-13/h3-8H,1-2H3,(H,19,21). The number of carbonyl (C=O) groups is 1. The maximum absolute atomic E-state index is 12.5. The van der Waals surface area contributed by atoms with Crippen LogP contribution in [-0.4, -0.2) is 15.9 Å². The molecule has 0 aliphatic rings. The van der Waals surface area contributed by atoms with Crippen molar-refractivity contribution in [2.24, 2.45) is 0 Å². The summed E-state index contributed by atoms with van der Waals surface area (Å²) in [6, 6.07) is 8.95. The van der Waals surface area contributed by atoms with Crippen molar-refractivity contribution in [1.82, 2.24) is 9.97 Å². The van der Waals surface area contributed by atoms with Crippen molar-refractivity contribution in [3.63, 3.8) is 0 Å². The summed E-state index contributed by atoms with van der Waals surface area (Å²) < 4.78 is 10.8. The van der Waals surface area contributed by atoms with Crippen molar-refractivity contribution in [3.8, 4) is 10.8 Å². The summed E-state index contributed by atoms with van der Waals surface area (Å²) in [4.78, 5) is 22.0. The number of aromatic nitrogens is 2. The zero-order valence-corrected chi connectivity index (χ0v) is 13.8. The van der Waals surface area contributed by atoms with Crippen LogP contribution in [0.1, 0.15) is 21.3 Å². The molecule has 1 amide bonds. The Bertz CT molecular complexity index is 1030. The van der Waals surface area contributed by atoms with E-state index in [9.17, 15) is 4.79 Å². The summed E-state index contributed by atoms with van der Waals surface area (Å²) in [5, 5.41) is 3.54. The minimum atomic E-state index is -0.263. The number of benzene rings is 1. The third-order valence-electron chi connectivity index (χ3n) is 3.50. The van der Waals surface area contributed by atoms with Gasteiger partial charge in [0.25, 0.3) is 5.91 Å². The highest BCUT2D eigenvalue weighted by Gasteiger charge is 2.18. The first-order valence-electron chi connectivity index (χ1n) is 7.30. The number of fused-ring (bicyclic) bond motifs is 1. The fourth-order valence-electron chi connectivity index (χ4n) is 2.42. The van der Waals surface area contributed by atoms with Crippen LogP contribution in [0.2, 0.25) is 0 Å². The Balaban J connectivity index is 1.61. The number of hydrogen-bond donors (Lipinski definition) is 1. The van der Waals surface area contributed by atoms with Crippen LogP contribution in [0.3, 0.4) is 0 Å². The van der Waals surface area contributed by atoms with Crippen LogP contribution in [0.4, 0.5) is 5.69 Å². The van der Waals surface area contributed by atoms with E-state index in [1.165, 1.54) is 11.3 Å². The molecule has 0 spiro atoms. The minimum absolute atomic E-state index is 0.263. The average molecular weight is 339 g/mol. The summed E-state index contributed by atoms with van der Waals surface area (Å²) in [5.41, 5.74) is 2.43. The van der Waals surface area contributed by atoms with Gasteiger partial charge in [0.2, 0.25) is 0 Å². The van der Waals surface area contributed by atoms with Gasteiger partial charge in [-0.2, -0.15) is 0 Å². The first-order valence-corrected chi connectivity index (χ1v) is 8.11. The third kappa shape index (κ3) is 2.59. The maximum Gasteiger partial charge on any atom is 0.275 e. The molecule has 0 radical (unpaired) electrons. The molecule has 0 saturated carbocycles. The second-order valence-corrected chi connectivity index (χ2v) is 6.47. The van der Waals surface area contributed by atoms with Crippen LogP contribution >= 0.6 is 11.3 Å². The van der Waals surface area contributed by atoms with Gasteiger partial charge in [0.1, 0.15) is 11.2 Å². The van der Waals surface area contributed by atoms with Crippen LogP contribution in [0, 0.1) is 13.8 Å². The second-order valence-electron chi connectivity index (χ2n) is 5.27. The van der Waals surface area contributed by atoms with Gasteiger partial charge in [-0.1, -0.05) is 0 Å². The van der Waals surface area contributed by atoms with E-state index < -0.39 is 0 Å². The Labute approximate surface area is 141 Å². The zero-order valence-electron chi connectivity index (χ0n) is 13.0. The van der Waals surface area contributed by atoms with E-state index in [1.54, 1.807) is 37.5 Å². The largest absolute Gasteiger partial charge is 0.462 e. The molecule has 4 aromatic rings. The van der Waals surface area contributed by atoms with E-state index >= 15 is 0 Å². The van der Waals surface area contributed by atoms with E-state index in [2.05, 4.69) is 15.3 Å². The Morgan fingerprint density at radius 3 is 2.88 bits per heavy atom. The molecule has 4 rings (SSSR count). The Kier molecular flexibility index (Phi) is 3.42. The van der Waals surface area contributed by atoms with Gasteiger partial charge in [-0.3, -0.25) is 4.79 Å². The summed E-state index contributed by atoms with van der Waals surface area (Å²) in [6.45, 7) is 3.65. The van der Waals surface area contributed by atoms with Crippen molar-refractivity contribution in [3.05, 3.63) is 53.1 Å². The number of carbonyl (C=O) groups excluding carboxylic acids is 1. The van der Waals surface area contributed by atoms with Crippen LogP contribution < -0.4 is 5.32 Å². The van der Waals surface area contributed by atoms with Crippen molar-refractivity contribution in [2.75, 3.05) is 5.32 Å². The van der Waals surface area contributed by atoms with Crippen molar-refractivity contribution >= 4 is 34.0 Å². The first kappa shape index (κ1) is 14.6. The number of oxazole rings is 1. The summed E-state index contributed by atoms with van der Waals surface area (Å²) in [6.07, 6.45) is 1.58. The lowest BCUT2D eigenvalue weighted by molar-refractivity contribution is 0.102. The molecule has 7 heteroatoms. The zero-order chi connectivity index (χ0) is 16.7. The molecule has 120 valence electrons. The predicted octanol–water partition coefficient (Wildman–Crippen LogP) is 4.41. The predicted molar refractivity (Wildman–Crippen MR) is 91.3 cm³/mol. The molecule has 0 fully saturated rings. The van der Waals surface area contributed by atoms with Gasteiger partial charge >= 0.3 is 0 Å². The van der Waals surface area contributed by atoms with E-state index in [1.807, 2.05) is 13.0 Å². The molecule has 24 heavy (non-hydrogen) atoms. The smallest absolute Gasteiger partial charge is 0.275 e. The third-order valence-corrected chi connectivity index (χ3v) is 4.48. The number of amides is 1. The molecule has 0 unspecified atom stereocenters. The quantitative estimate of drug-likeness (QED) is 0.598. The van der Waals surface area contributed by atoms with Crippen molar-refractivity contribution in [1.29, 1.82) is 0 Å². The SMILES string of the molecule is Cc1nc2cc(NC(=O)c3nc(-c4ccco4)sc3C)ccc2o1. The van der Waals surface area contributed by atoms with Gasteiger partial charge < -0.3 is 14.2 Å². The lowest BCUT2D eigenvalue weighted by Gasteiger charge is -2.03. The van der Waals surface area contributed by atoms with E-state index in [4.69, 9.17) is 8.83 Å². The number of rotatable bonds is 3. The molecule has 1 N–H and O–H groups in total. The van der Waals surface area contributed by atoms with Gasteiger partial charge in [0.05, 0.1) is 6.26 Å².